The van der Waals surface area contributed by atoms with Crippen molar-refractivity contribution in [3.8, 4) is 0 Å². The van der Waals surface area contributed by atoms with Crippen LogP contribution in [0.15, 0.2) is 54.7 Å². The van der Waals surface area contributed by atoms with Crippen LogP contribution >= 0.6 is 0 Å². The molecule has 3 aromatic rings. The molecule has 7 heteroatoms. The Morgan fingerprint density at radius 3 is 2.22 bits per heavy atom. The van der Waals surface area contributed by atoms with E-state index in [0.717, 1.165) is 59.0 Å². The molecule has 4 bridgehead atoms. The molecule has 4 N–H and O–H groups in total. The van der Waals surface area contributed by atoms with Crippen molar-refractivity contribution in [2.24, 2.45) is 23.2 Å². The summed E-state index contributed by atoms with van der Waals surface area (Å²) in [6, 6.07) is 14.9. The van der Waals surface area contributed by atoms with E-state index in [2.05, 4.69) is 21.2 Å². The Morgan fingerprint density at radius 2 is 1.53 bits per heavy atom. The Balaban J connectivity index is 0.991. The van der Waals surface area contributed by atoms with Gasteiger partial charge in [-0.05, 0) is 85.6 Å². The molecule has 186 valence electrons. The predicted molar refractivity (Wildman–Crippen MR) is 137 cm³/mol. The second-order valence-corrected chi connectivity index (χ2v) is 11.1. The topological polar surface area (TPSA) is 103 Å². The molecule has 0 aliphatic heterocycles. The molecule has 4 fully saturated rings. The third-order valence-corrected chi connectivity index (χ3v) is 8.53. The number of para-hydroxylation sites is 1. The summed E-state index contributed by atoms with van der Waals surface area (Å²) in [4.78, 5) is 41.1. The third-order valence-electron chi connectivity index (χ3n) is 8.53. The number of rotatable bonds is 6. The number of hydrazine groups is 1. The summed E-state index contributed by atoms with van der Waals surface area (Å²) >= 11 is 0. The van der Waals surface area contributed by atoms with Gasteiger partial charge in [0.05, 0.1) is 6.42 Å². The monoisotopic (exact) mass is 484 g/mol. The molecular weight excluding hydrogens is 452 g/mol. The van der Waals surface area contributed by atoms with E-state index in [9.17, 15) is 14.4 Å². The van der Waals surface area contributed by atoms with Gasteiger partial charge in [-0.25, -0.2) is 0 Å². The summed E-state index contributed by atoms with van der Waals surface area (Å²) in [5, 5.41) is 4.17. The van der Waals surface area contributed by atoms with Crippen LogP contribution in [0.3, 0.4) is 0 Å². The van der Waals surface area contributed by atoms with E-state index in [4.69, 9.17) is 0 Å². The summed E-state index contributed by atoms with van der Waals surface area (Å²) in [6.07, 6.45) is 9.08. The van der Waals surface area contributed by atoms with Gasteiger partial charge in [0.1, 0.15) is 0 Å². The fourth-order valence-electron chi connectivity index (χ4n) is 7.23. The van der Waals surface area contributed by atoms with Crippen molar-refractivity contribution in [2.45, 2.75) is 51.5 Å². The zero-order chi connectivity index (χ0) is 24.7. The maximum atomic E-state index is 13.2. The lowest BCUT2D eigenvalue weighted by molar-refractivity contribution is -0.146. The van der Waals surface area contributed by atoms with Gasteiger partial charge in [0, 0.05) is 34.6 Å². The highest BCUT2D eigenvalue weighted by molar-refractivity contribution is 5.96. The number of hydrogen-bond acceptors (Lipinski definition) is 3. The smallest absolute Gasteiger partial charge is 0.269 e. The molecule has 0 atom stereocenters. The van der Waals surface area contributed by atoms with E-state index in [1.165, 1.54) is 19.3 Å². The van der Waals surface area contributed by atoms with Gasteiger partial charge in [0.15, 0.2) is 0 Å². The van der Waals surface area contributed by atoms with Gasteiger partial charge in [-0.1, -0.05) is 30.3 Å². The first-order valence-corrected chi connectivity index (χ1v) is 13.0. The lowest BCUT2D eigenvalue weighted by Crippen LogP contribution is -2.53. The second kappa shape index (κ2) is 9.12. The standard InChI is InChI=1S/C29H32N4O3/c34-26(12-23-17-30-25-4-2-1-3-24(23)25)32-33-27(35)22-7-5-18(6-8-22)16-31-28(36)29-13-19-9-20(14-29)11-21(10-19)15-29/h1-8,17,19-21,30H,9-16H2,(H,31,36)(H,32,34)(H,33,35). The van der Waals surface area contributed by atoms with Crippen molar-refractivity contribution in [3.63, 3.8) is 0 Å². The summed E-state index contributed by atoms with van der Waals surface area (Å²) < 4.78 is 0. The summed E-state index contributed by atoms with van der Waals surface area (Å²) in [7, 11) is 0. The second-order valence-electron chi connectivity index (χ2n) is 11.1. The number of nitrogens with one attached hydrogen (secondary N) is 4. The Bertz CT molecular complexity index is 1270. The summed E-state index contributed by atoms with van der Waals surface area (Å²) in [5.74, 6) is 1.75. The number of amides is 3. The largest absolute Gasteiger partial charge is 0.361 e. The lowest BCUT2D eigenvalue weighted by Gasteiger charge is -2.55. The number of hydrogen-bond donors (Lipinski definition) is 4. The average molecular weight is 485 g/mol. The van der Waals surface area contributed by atoms with E-state index in [-0.39, 0.29) is 29.6 Å². The van der Waals surface area contributed by atoms with Gasteiger partial charge in [-0.15, -0.1) is 0 Å². The van der Waals surface area contributed by atoms with Crippen molar-refractivity contribution in [2.75, 3.05) is 0 Å². The van der Waals surface area contributed by atoms with Crippen LogP contribution in [0.4, 0.5) is 0 Å². The van der Waals surface area contributed by atoms with Crippen molar-refractivity contribution in [1.29, 1.82) is 0 Å². The maximum absolute atomic E-state index is 13.2. The molecule has 0 radical (unpaired) electrons. The molecule has 2 aromatic carbocycles. The van der Waals surface area contributed by atoms with E-state index in [1.807, 2.05) is 42.6 Å². The van der Waals surface area contributed by atoms with Crippen LogP contribution in [0.5, 0.6) is 0 Å². The van der Waals surface area contributed by atoms with Gasteiger partial charge >= 0.3 is 0 Å². The minimum Gasteiger partial charge on any atom is -0.361 e. The molecule has 0 saturated heterocycles. The first kappa shape index (κ1) is 22.8. The van der Waals surface area contributed by atoms with Crippen LogP contribution < -0.4 is 16.2 Å². The van der Waals surface area contributed by atoms with Crippen LogP contribution in [0.1, 0.15) is 60.0 Å². The summed E-state index contributed by atoms with van der Waals surface area (Å²) in [5.41, 5.74) is 8.06. The lowest BCUT2D eigenvalue weighted by atomic mass is 9.49. The molecule has 36 heavy (non-hydrogen) atoms. The number of aromatic nitrogens is 1. The number of aromatic amines is 1. The Hall–Kier alpha value is -3.61. The minimum absolute atomic E-state index is 0.153. The molecule has 4 aliphatic rings. The predicted octanol–water partition coefficient (Wildman–Crippen LogP) is 4.00. The zero-order valence-electron chi connectivity index (χ0n) is 20.3. The quantitative estimate of drug-likeness (QED) is 0.398. The first-order valence-electron chi connectivity index (χ1n) is 13.0. The summed E-state index contributed by atoms with van der Waals surface area (Å²) in [6.45, 7) is 0.462. The number of carbonyl (C=O) groups is 3. The molecular formula is C29H32N4O3. The van der Waals surface area contributed by atoms with Crippen LogP contribution in [0, 0.1) is 23.2 Å². The van der Waals surface area contributed by atoms with Crippen molar-refractivity contribution in [1.82, 2.24) is 21.2 Å². The number of benzene rings is 2. The molecule has 0 unspecified atom stereocenters. The maximum Gasteiger partial charge on any atom is 0.269 e. The molecule has 1 heterocycles. The molecule has 1 aromatic heterocycles. The molecule has 3 amide bonds. The van der Waals surface area contributed by atoms with Crippen molar-refractivity contribution >= 4 is 28.6 Å². The highest BCUT2D eigenvalue weighted by Crippen LogP contribution is 2.60. The Kier molecular flexibility index (Phi) is 5.78. The van der Waals surface area contributed by atoms with Gasteiger partial charge in [-0.2, -0.15) is 0 Å². The SMILES string of the molecule is O=C(Cc1c[nH]c2ccccc12)NNC(=O)c1ccc(CNC(=O)C23CC4CC(CC(C4)C2)C3)cc1. The zero-order valence-corrected chi connectivity index (χ0v) is 20.3. The van der Waals surface area contributed by atoms with Crippen molar-refractivity contribution in [3.05, 3.63) is 71.4 Å². The number of H-pyrrole nitrogens is 1. The Morgan fingerprint density at radius 1 is 0.861 bits per heavy atom. The van der Waals surface area contributed by atoms with Gasteiger partial charge in [0.25, 0.3) is 5.91 Å². The van der Waals surface area contributed by atoms with E-state index in [1.54, 1.807) is 12.1 Å². The number of carbonyl (C=O) groups excluding carboxylic acids is 3. The molecule has 4 aliphatic carbocycles. The van der Waals surface area contributed by atoms with Crippen LogP contribution in [-0.2, 0) is 22.6 Å². The third kappa shape index (κ3) is 4.38. The normalized spacial score (nSPS) is 26.1. The average Bonchev–Trinajstić information content (AvgIpc) is 3.28. The molecule has 7 rings (SSSR count). The van der Waals surface area contributed by atoms with Gasteiger partial charge in [0.2, 0.25) is 11.8 Å². The highest BCUT2D eigenvalue weighted by Gasteiger charge is 2.54. The van der Waals surface area contributed by atoms with E-state index in [0.29, 0.717) is 12.1 Å². The van der Waals surface area contributed by atoms with Crippen molar-refractivity contribution < 1.29 is 14.4 Å². The fourth-order valence-corrected chi connectivity index (χ4v) is 7.23. The Labute approximate surface area is 210 Å². The van der Waals surface area contributed by atoms with Crippen LogP contribution in [-0.4, -0.2) is 22.7 Å². The molecule has 4 saturated carbocycles. The van der Waals surface area contributed by atoms with E-state index >= 15 is 0 Å². The number of fused-ring (bicyclic) bond motifs is 1. The fraction of sp³-hybridized carbons (Fsp3) is 0.414. The highest BCUT2D eigenvalue weighted by atomic mass is 16.2. The van der Waals surface area contributed by atoms with E-state index < -0.39 is 0 Å². The first-order chi connectivity index (χ1) is 17.5. The molecule has 0 spiro atoms. The minimum atomic E-state index is -0.383. The van der Waals surface area contributed by atoms with Gasteiger partial charge in [-0.3, -0.25) is 25.2 Å². The van der Waals surface area contributed by atoms with Gasteiger partial charge < -0.3 is 10.3 Å². The van der Waals surface area contributed by atoms with Crippen LogP contribution in [0.25, 0.3) is 10.9 Å². The molecule has 7 nitrogen and oxygen atoms in total. The van der Waals surface area contributed by atoms with Crippen LogP contribution in [0.2, 0.25) is 0 Å².